The number of aryl methyl sites for hydroxylation is 2. The number of carbonyl (C=O) groups is 1. The third-order valence-electron chi connectivity index (χ3n) is 5.13. The van der Waals surface area contributed by atoms with Gasteiger partial charge in [0.1, 0.15) is 5.56 Å². The zero-order chi connectivity index (χ0) is 18.7. The highest BCUT2D eigenvalue weighted by Gasteiger charge is 2.26. The zero-order valence-corrected chi connectivity index (χ0v) is 15.7. The standard InChI is InChI=1S/C19H27N5O2/c1-21-10-12-24(13-11-21)17(16-7-5-8-22(16)2)14-20-18(25)15-6-4-9-23(3)19(15)26/h4-9,17H,10-14H2,1-3H3,(H,20,25). The average molecular weight is 357 g/mol. The van der Waals surface area contributed by atoms with Crippen LogP contribution in [-0.4, -0.2) is 64.6 Å². The highest BCUT2D eigenvalue weighted by Crippen LogP contribution is 2.21. The van der Waals surface area contributed by atoms with Gasteiger partial charge in [0.25, 0.3) is 11.5 Å². The largest absolute Gasteiger partial charge is 0.353 e. The lowest BCUT2D eigenvalue weighted by molar-refractivity contribution is 0.0875. The van der Waals surface area contributed by atoms with Crippen LogP contribution in [0.2, 0.25) is 0 Å². The van der Waals surface area contributed by atoms with Gasteiger partial charge in [-0.1, -0.05) is 0 Å². The van der Waals surface area contributed by atoms with Gasteiger partial charge in [0, 0.05) is 64.9 Å². The Balaban J connectivity index is 1.76. The van der Waals surface area contributed by atoms with Crippen LogP contribution in [-0.2, 0) is 14.1 Å². The maximum absolute atomic E-state index is 12.6. The van der Waals surface area contributed by atoms with Crippen LogP contribution < -0.4 is 10.9 Å². The van der Waals surface area contributed by atoms with E-state index in [0.717, 1.165) is 31.9 Å². The van der Waals surface area contributed by atoms with Gasteiger partial charge in [0.05, 0.1) is 6.04 Å². The monoisotopic (exact) mass is 357 g/mol. The summed E-state index contributed by atoms with van der Waals surface area (Å²) in [6.45, 7) is 4.39. The van der Waals surface area contributed by atoms with Crippen LogP contribution in [0.15, 0.2) is 41.5 Å². The minimum atomic E-state index is -0.320. The molecule has 0 bridgehead atoms. The number of pyridine rings is 1. The van der Waals surface area contributed by atoms with Gasteiger partial charge < -0.3 is 19.4 Å². The van der Waals surface area contributed by atoms with E-state index in [1.54, 1.807) is 25.4 Å². The normalized spacial score (nSPS) is 17.2. The molecule has 1 amide bonds. The molecule has 26 heavy (non-hydrogen) atoms. The summed E-state index contributed by atoms with van der Waals surface area (Å²) >= 11 is 0. The highest BCUT2D eigenvalue weighted by molar-refractivity contribution is 5.93. The molecule has 1 atom stereocenters. The summed E-state index contributed by atoms with van der Waals surface area (Å²) in [5, 5.41) is 2.97. The first-order valence-electron chi connectivity index (χ1n) is 8.95. The molecule has 3 heterocycles. The van der Waals surface area contributed by atoms with Gasteiger partial charge in [-0.05, 0) is 31.3 Å². The molecule has 1 aliphatic rings. The molecule has 0 aliphatic carbocycles. The van der Waals surface area contributed by atoms with Crippen LogP contribution in [0.4, 0.5) is 0 Å². The predicted molar refractivity (Wildman–Crippen MR) is 101 cm³/mol. The second-order valence-electron chi connectivity index (χ2n) is 6.95. The van der Waals surface area contributed by atoms with Gasteiger partial charge in [0.2, 0.25) is 0 Å². The third kappa shape index (κ3) is 3.89. The first kappa shape index (κ1) is 18.4. The SMILES string of the molecule is CN1CCN(C(CNC(=O)c2cccn(C)c2=O)c2cccn2C)CC1. The van der Waals surface area contributed by atoms with E-state index < -0.39 is 0 Å². The summed E-state index contributed by atoms with van der Waals surface area (Å²) in [5.41, 5.74) is 1.06. The summed E-state index contributed by atoms with van der Waals surface area (Å²) in [4.78, 5) is 29.4. The van der Waals surface area contributed by atoms with Crippen molar-refractivity contribution in [3.8, 4) is 0 Å². The van der Waals surface area contributed by atoms with E-state index in [4.69, 9.17) is 0 Å². The number of likely N-dealkylation sites (N-methyl/N-ethyl adjacent to an activating group) is 1. The second-order valence-corrected chi connectivity index (χ2v) is 6.95. The van der Waals surface area contributed by atoms with Crippen LogP contribution in [0.25, 0.3) is 0 Å². The maximum Gasteiger partial charge on any atom is 0.263 e. The average Bonchev–Trinajstić information content (AvgIpc) is 3.05. The Hall–Kier alpha value is -2.38. The minimum Gasteiger partial charge on any atom is -0.353 e. The molecule has 0 radical (unpaired) electrons. The van der Waals surface area contributed by atoms with Crippen LogP contribution >= 0.6 is 0 Å². The Morgan fingerprint density at radius 3 is 2.35 bits per heavy atom. The molecule has 1 fully saturated rings. The zero-order valence-electron chi connectivity index (χ0n) is 15.7. The number of rotatable bonds is 5. The molecule has 140 valence electrons. The molecule has 1 N–H and O–H groups in total. The summed E-state index contributed by atoms with van der Waals surface area (Å²) in [6.07, 6.45) is 3.67. The molecule has 0 saturated carbocycles. The number of nitrogens with one attached hydrogen (secondary N) is 1. The number of carbonyl (C=O) groups excluding carboxylic acids is 1. The molecular formula is C19H27N5O2. The smallest absolute Gasteiger partial charge is 0.263 e. The molecule has 1 saturated heterocycles. The summed E-state index contributed by atoms with van der Waals surface area (Å²) in [7, 11) is 5.80. The second kappa shape index (κ2) is 7.88. The van der Waals surface area contributed by atoms with Crippen LogP contribution in [0.5, 0.6) is 0 Å². The van der Waals surface area contributed by atoms with Crippen LogP contribution in [0, 0.1) is 0 Å². The van der Waals surface area contributed by atoms with E-state index in [2.05, 4.69) is 32.8 Å². The lowest BCUT2D eigenvalue weighted by Gasteiger charge is -2.38. The van der Waals surface area contributed by atoms with Gasteiger partial charge in [-0.2, -0.15) is 0 Å². The Bertz CT molecular complexity index is 817. The molecule has 2 aromatic heterocycles. The van der Waals surface area contributed by atoms with Crippen molar-refractivity contribution in [1.29, 1.82) is 0 Å². The number of hydrogen-bond acceptors (Lipinski definition) is 4. The fourth-order valence-electron chi connectivity index (χ4n) is 3.43. The molecule has 0 aromatic carbocycles. The van der Waals surface area contributed by atoms with Crippen molar-refractivity contribution in [2.24, 2.45) is 14.1 Å². The topological polar surface area (TPSA) is 62.5 Å². The number of piperazine rings is 1. The minimum absolute atomic E-state index is 0.0835. The van der Waals surface area contributed by atoms with Gasteiger partial charge in [0.15, 0.2) is 0 Å². The fraction of sp³-hybridized carbons (Fsp3) is 0.474. The van der Waals surface area contributed by atoms with Crippen molar-refractivity contribution in [2.45, 2.75) is 6.04 Å². The Morgan fingerprint density at radius 2 is 1.69 bits per heavy atom. The van der Waals surface area contributed by atoms with Crippen molar-refractivity contribution in [2.75, 3.05) is 39.8 Å². The molecule has 7 heteroatoms. The molecular weight excluding hydrogens is 330 g/mol. The van der Waals surface area contributed by atoms with Gasteiger partial charge >= 0.3 is 0 Å². The summed E-state index contributed by atoms with van der Waals surface area (Å²) < 4.78 is 3.51. The van der Waals surface area contributed by atoms with Gasteiger partial charge in [-0.15, -0.1) is 0 Å². The quantitative estimate of drug-likeness (QED) is 0.844. The van der Waals surface area contributed by atoms with E-state index >= 15 is 0 Å². The molecule has 3 rings (SSSR count). The Morgan fingerprint density at radius 1 is 1.04 bits per heavy atom. The van der Waals surface area contributed by atoms with Crippen LogP contribution in [0.3, 0.4) is 0 Å². The molecule has 1 unspecified atom stereocenters. The van der Waals surface area contributed by atoms with E-state index in [1.807, 2.05) is 19.3 Å². The van der Waals surface area contributed by atoms with Crippen molar-refractivity contribution >= 4 is 5.91 Å². The van der Waals surface area contributed by atoms with Gasteiger partial charge in [-0.25, -0.2) is 0 Å². The Labute approximate surface area is 153 Å². The van der Waals surface area contributed by atoms with E-state index in [-0.39, 0.29) is 23.1 Å². The Kier molecular flexibility index (Phi) is 5.58. The van der Waals surface area contributed by atoms with E-state index in [0.29, 0.717) is 6.54 Å². The van der Waals surface area contributed by atoms with Crippen LogP contribution in [0.1, 0.15) is 22.1 Å². The van der Waals surface area contributed by atoms with E-state index in [9.17, 15) is 9.59 Å². The molecule has 2 aromatic rings. The third-order valence-corrected chi connectivity index (χ3v) is 5.13. The van der Waals surface area contributed by atoms with E-state index in [1.165, 1.54) is 4.57 Å². The maximum atomic E-state index is 12.6. The lowest BCUT2D eigenvalue weighted by Crippen LogP contribution is -2.49. The van der Waals surface area contributed by atoms with Gasteiger partial charge in [-0.3, -0.25) is 14.5 Å². The fourth-order valence-corrected chi connectivity index (χ4v) is 3.43. The molecule has 7 nitrogen and oxygen atoms in total. The molecule has 1 aliphatic heterocycles. The highest BCUT2D eigenvalue weighted by atomic mass is 16.2. The predicted octanol–water partition coefficient (Wildman–Crippen LogP) is 0.442. The first-order valence-corrected chi connectivity index (χ1v) is 8.95. The number of nitrogens with zero attached hydrogens (tertiary/aromatic N) is 4. The summed E-state index contributed by atoms with van der Waals surface area (Å²) in [6, 6.07) is 7.49. The number of aromatic nitrogens is 2. The van der Waals surface area contributed by atoms with Crippen molar-refractivity contribution in [1.82, 2.24) is 24.3 Å². The van der Waals surface area contributed by atoms with Crippen molar-refractivity contribution < 1.29 is 4.79 Å². The van der Waals surface area contributed by atoms with Crippen molar-refractivity contribution in [3.63, 3.8) is 0 Å². The number of amides is 1. The first-order chi connectivity index (χ1) is 12.5. The summed E-state index contributed by atoms with van der Waals surface area (Å²) in [5.74, 6) is -0.320. The molecule has 0 spiro atoms. The van der Waals surface area contributed by atoms with Crippen molar-refractivity contribution in [3.05, 3.63) is 58.3 Å². The lowest BCUT2D eigenvalue weighted by atomic mass is 10.1. The number of hydrogen-bond donors (Lipinski definition) is 1.